The molecular weight excluding hydrogens is 276 g/mol. The molecular formula is C15H21ClN2O2. The molecule has 1 aliphatic rings. The van der Waals surface area contributed by atoms with Crippen LogP contribution in [0.15, 0.2) is 24.3 Å². The monoisotopic (exact) mass is 296 g/mol. The summed E-state index contributed by atoms with van der Waals surface area (Å²) < 4.78 is 5.03. The maximum absolute atomic E-state index is 11.7. The standard InChI is InChI=1S/C15H21ClN2O2/c1-3-20-15(19)18-10-8-17(9-11-18)12(2)13-6-4-5-7-14(13)16/h4-7,12H,3,8-11H2,1-2H3. The van der Waals surface area contributed by atoms with E-state index >= 15 is 0 Å². The average Bonchev–Trinajstić information content (AvgIpc) is 2.47. The number of ether oxygens (including phenoxy) is 1. The number of carbonyl (C=O) groups excluding carboxylic acids is 1. The van der Waals surface area contributed by atoms with Crippen molar-refractivity contribution in [3.05, 3.63) is 34.9 Å². The quantitative estimate of drug-likeness (QED) is 0.859. The van der Waals surface area contributed by atoms with Gasteiger partial charge >= 0.3 is 6.09 Å². The molecule has 2 rings (SSSR count). The van der Waals surface area contributed by atoms with Gasteiger partial charge in [0.15, 0.2) is 0 Å². The number of benzene rings is 1. The van der Waals surface area contributed by atoms with E-state index in [9.17, 15) is 4.79 Å². The molecule has 1 aromatic rings. The second kappa shape index (κ2) is 6.95. The third-order valence-corrected chi connectivity index (χ3v) is 4.09. The number of halogens is 1. The van der Waals surface area contributed by atoms with Crippen molar-refractivity contribution in [1.82, 2.24) is 9.80 Å². The highest BCUT2D eigenvalue weighted by Crippen LogP contribution is 2.27. The third kappa shape index (κ3) is 3.44. The van der Waals surface area contributed by atoms with Gasteiger partial charge in [-0.1, -0.05) is 29.8 Å². The predicted octanol–water partition coefficient (Wildman–Crippen LogP) is 3.18. The summed E-state index contributed by atoms with van der Waals surface area (Å²) in [6.45, 7) is 7.49. The van der Waals surface area contributed by atoms with Gasteiger partial charge in [-0.05, 0) is 25.5 Å². The zero-order valence-corrected chi connectivity index (χ0v) is 12.8. The smallest absolute Gasteiger partial charge is 0.409 e. The van der Waals surface area contributed by atoms with E-state index in [0.29, 0.717) is 19.7 Å². The summed E-state index contributed by atoms with van der Waals surface area (Å²) in [6, 6.07) is 8.18. The Morgan fingerprint density at radius 3 is 2.55 bits per heavy atom. The molecule has 0 aliphatic carbocycles. The van der Waals surface area contributed by atoms with Gasteiger partial charge in [0.2, 0.25) is 0 Å². The average molecular weight is 297 g/mol. The number of nitrogens with zero attached hydrogens (tertiary/aromatic N) is 2. The van der Waals surface area contributed by atoms with Crippen LogP contribution < -0.4 is 0 Å². The Morgan fingerprint density at radius 1 is 1.30 bits per heavy atom. The molecule has 4 nitrogen and oxygen atoms in total. The molecule has 1 saturated heterocycles. The normalized spacial score (nSPS) is 17.9. The molecule has 0 spiro atoms. The zero-order valence-electron chi connectivity index (χ0n) is 12.0. The Hall–Kier alpha value is -1.26. The van der Waals surface area contributed by atoms with Crippen LogP contribution in [-0.2, 0) is 4.74 Å². The van der Waals surface area contributed by atoms with Gasteiger partial charge in [0.25, 0.3) is 0 Å². The molecule has 0 saturated carbocycles. The van der Waals surface area contributed by atoms with Gasteiger partial charge in [-0.15, -0.1) is 0 Å². The first kappa shape index (κ1) is 15.1. The summed E-state index contributed by atoms with van der Waals surface area (Å²) in [4.78, 5) is 15.8. The van der Waals surface area contributed by atoms with Gasteiger partial charge in [-0.2, -0.15) is 0 Å². The molecule has 5 heteroatoms. The molecule has 110 valence electrons. The lowest BCUT2D eigenvalue weighted by Gasteiger charge is -2.37. The number of carbonyl (C=O) groups is 1. The first-order valence-corrected chi connectivity index (χ1v) is 7.41. The highest BCUT2D eigenvalue weighted by atomic mass is 35.5. The molecule has 0 N–H and O–H groups in total. The van der Waals surface area contributed by atoms with E-state index in [0.717, 1.165) is 23.7 Å². The molecule has 1 aromatic carbocycles. The molecule has 0 radical (unpaired) electrons. The highest BCUT2D eigenvalue weighted by Gasteiger charge is 2.25. The van der Waals surface area contributed by atoms with Crippen LogP contribution in [-0.4, -0.2) is 48.7 Å². The summed E-state index contributed by atoms with van der Waals surface area (Å²) in [5, 5.41) is 0.799. The van der Waals surface area contributed by atoms with Crippen molar-refractivity contribution in [2.75, 3.05) is 32.8 Å². The molecule has 1 heterocycles. The minimum absolute atomic E-state index is 0.211. The lowest BCUT2D eigenvalue weighted by atomic mass is 10.1. The molecule has 20 heavy (non-hydrogen) atoms. The van der Waals surface area contributed by atoms with Crippen LogP contribution in [0, 0.1) is 0 Å². The first-order chi connectivity index (χ1) is 9.63. The van der Waals surface area contributed by atoms with E-state index in [2.05, 4.69) is 17.9 Å². The highest BCUT2D eigenvalue weighted by molar-refractivity contribution is 6.31. The maximum Gasteiger partial charge on any atom is 0.409 e. The van der Waals surface area contributed by atoms with Gasteiger partial charge in [0, 0.05) is 37.2 Å². The maximum atomic E-state index is 11.7. The van der Waals surface area contributed by atoms with E-state index < -0.39 is 0 Å². The molecule has 1 atom stereocenters. The Balaban J connectivity index is 1.94. The number of piperazine rings is 1. The number of hydrogen-bond acceptors (Lipinski definition) is 3. The van der Waals surface area contributed by atoms with Crippen LogP contribution in [0.4, 0.5) is 4.79 Å². The lowest BCUT2D eigenvalue weighted by molar-refractivity contribution is 0.0686. The second-order valence-corrected chi connectivity index (χ2v) is 5.33. The fraction of sp³-hybridized carbons (Fsp3) is 0.533. The van der Waals surface area contributed by atoms with E-state index in [1.165, 1.54) is 0 Å². The van der Waals surface area contributed by atoms with Crippen LogP contribution in [0.2, 0.25) is 5.02 Å². The van der Waals surface area contributed by atoms with E-state index in [1.54, 1.807) is 4.90 Å². The molecule has 0 aromatic heterocycles. The zero-order chi connectivity index (χ0) is 14.5. The molecule has 1 amide bonds. The minimum atomic E-state index is -0.211. The van der Waals surface area contributed by atoms with Crippen molar-refractivity contribution in [2.24, 2.45) is 0 Å². The topological polar surface area (TPSA) is 32.8 Å². The Kier molecular flexibility index (Phi) is 5.26. The van der Waals surface area contributed by atoms with Gasteiger partial charge in [0.1, 0.15) is 0 Å². The fourth-order valence-electron chi connectivity index (χ4n) is 2.52. The van der Waals surface area contributed by atoms with Crippen LogP contribution in [0.25, 0.3) is 0 Å². The third-order valence-electron chi connectivity index (χ3n) is 3.74. The number of rotatable bonds is 3. The van der Waals surface area contributed by atoms with Gasteiger partial charge in [0.05, 0.1) is 6.61 Å². The van der Waals surface area contributed by atoms with E-state index in [1.807, 2.05) is 25.1 Å². The molecule has 1 aliphatic heterocycles. The van der Waals surface area contributed by atoms with Crippen molar-refractivity contribution in [3.63, 3.8) is 0 Å². The Labute approximate surface area is 125 Å². The van der Waals surface area contributed by atoms with Crippen molar-refractivity contribution in [1.29, 1.82) is 0 Å². The van der Waals surface area contributed by atoms with Crippen LogP contribution in [0.5, 0.6) is 0 Å². The number of amides is 1. The summed E-state index contributed by atoms with van der Waals surface area (Å²) >= 11 is 6.25. The fourth-order valence-corrected chi connectivity index (χ4v) is 2.81. The van der Waals surface area contributed by atoms with Gasteiger partial charge in [-0.3, -0.25) is 4.90 Å². The minimum Gasteiger partial charge on any atom is -0.450 e. The van der Waals surface area contributed by atoms with E-state index in [-0.39, 0.29) is 12.1 Å². The van der Waals surface area contributed by atoms with Crippen molar-refractivity contribution >= 4 is 17.7 Å². The first-order valence-electron chi connectivity index (χ1n) is 7.03. The van der Waals surface area contributed by atoms with Crippen LogP contribution >= 0.6 is 11.6 Å². The lowest BCUT2D eigenvalue weighted by Crippen LogP contribution is -2.49. The molecule has 1 unspecified atom stereocenters. The molecule has 1 fully saturated rings. The van der Waals surface area contributed by atoms with Crippen LogP contribution in [0.1, 0.15) is 25.5 Å². The predicted molar refractivity (Wildman–Crippen MR) is 80.0 cm³/mol. The van der Waals surface area contributed by atoms with Crippen molar-refractivity contribution in [2.45, 2.75) is 19.9 Å². The van der Waals surface area contributed by atoms with Crippen molar-refractivity contribution in [3.8, 4) is 0 Å². The summed E-state index contributed by atoms with van der Waals surface area (Å²) in [5.41, 5.74) is 1.14. The summed E-state index contributed by atoms with van der Waals surface area (Å²) in [5.74, 6) is 0. The summed E-state index contributed by atoms with van der Waals surface area (Å²) in [6.07, 6.45) is -0.211. The summed E-state index contributed by atoms with van der Waals surface area (Å²) in [7, 11) is 0. The largest absolute Gasteiger partial charge is 0.450 e. The SMILES string of the molecule is CCOC(=O)N1CCN(C(C)c2ccccc2Cl)CC1. The molecule has 0 bridgehead atoms. The number of hydrogen-bond donors (Lipinski definition) is 0. The van der Waals surface area contributed by atoms with Crippen LogP contribution in [0.3, 0.4) is 0 Å². The Morgan fingerprint density at radius 2 is 1.95 bits per heavy atom. The van der Waals surface area contributed by atoms with Gasteiger partial charge in [-0.25, -0.2) is 4.79 Å². The Bertz CT molecular complexity index is 459. The van der Waals surface area contributed by atoms with Crippen molar-refractivity contribution < 1.29 is 9.53 Å². The van der Waals surface area contributed by atoms with Gasteiger partial charge < -0.3 is 9.64 Å². The second-order valence-electron chi connectivity index (χ2n) is 4.92. The van der Waals surface area contributed by atoms with E-state index in [4.69, 9.17) is 16.3 Å².